The maximum absolute atomic E-state index is 11.3. The lowest BCUT2D eigenvalue weighted by molar-refractivity contribution is -0.142. The summed E-state index contributed by atoms with van der Waals surface area (Å²) >= 11 is 0. The number of aliphatic carboxylic acids is 3. The van der Waals surface area contributed by atoms with Gasteiger partial charge >= 0.3 is 17.9 Å². The predicted molar refractivity (Wildman–Crippen MR) is 158 cm³/mol. The van der Waals surface area contributed by atoms with Gasteiger partial charge in [0.25, 0.3) is 0 Å². The molecule has 0 aliphatic carbocycles. The quantitative estimate of drug-likeness (QED) is 0.146. The minimum atomic E-state index is -1.15. The van der Waals surface area contributed by atoms with Crippen molar-refractivity contribution in [3.8, 4) is 39.7 Å². The number of pyridine rings is 3. The number of hydrogen-bond acceptors (Lipinski definition) is 10. The van der Waals surface area contributed by atoms with Crippen molar-refractivity contribution in [2.24, 2.45) is 0 Å². The molecule has 13 heteroatoms. The van der Waals surface area contributed by atoms with Gasteiger partial charge in [-0.1, -0.05) is 24.3 Å². The van der Waals surface area contributed by atoms with Crippen molar-refractivity contribution in [2.45, 2.75) is 13.1 Å². The van der Waals surface area contributed by atoms with Crippen molar-refractivity contribution in [1.29, 1.82) is 0 Å². The molecular weight excluding hydrogens is 570 g/mol. The number of carboxylic acid groups (broad SMARTS) is 3. The summed E-state index contributed by atoms with van der Waals surface area (Å²) < 4.78 is 5.29. The van der Waals surface area contributed by atoms with E-state index >= 15 is 0 Å². The molecule has 0 radical (unpaired) electrons. The number of aliphatic hydroxyl groups is 1. The van der Waals surface area contributed by atoms with Crippen LogP contribution in [-0.4, -0.2) is 96.6 Å². The molecule has 0 aliphatic rings. The zero-order valence-corrected chi connectivity index (χ0v) is 23.8. The van der Waals surface area contributed by atoms with Crippen LogP contribution >= 0.6 is 0 Å². The molecule has 0 bridgehead atoms. The highest BCUT2D eigenvalue weighted by Gasteiger charge is 2.17. The van der Waals surface area contributed by atoms with Gasteiger partial charge in [0.05, 0.1) is 67.6 Å². The Morgan fingerprint density at radius 2 is 1.11 bits per heavy atom. The fourth-order valence-electron chi connectivity index (χ4n) is 4.52. The lowest BCUT2D eigenvalue weighted by Crippen LogP contribution is -2.34. The first-order valence-electron chi connectivity index (χ1n) is 13.4. The van der Waals surface area contributed by atoms with Crippen molar-refractivity contribution in [1.82, 2.24) is 24.8 Å². The Hall–Kier alpha value is -5.24. The second-order valence-electron chi connectivity index (χ2n) is 9.84. The second-order valence-corrected chi connectivity index (χ2v) is 9.84. The first-order valence-corrected chi connectivity index (χ1v) is 13.4. The van der Waals surface area contributed by atoms with Crippen LogP contribution in [0.4, 0.5) is 0 Å². The number of nitrogens with zero attached hydrogens (tertiary/aromatic N) is 5. The van der Waals surface area contributed by atoms with Crippen molar-refractivity contribution < 1.29 is 39.5 Å². The van der Waals surface area contributed by atoms with Crippen LogP contribution < -0.4 is 4.74 Å². The number of carbonyl (C=O) groups is 3. The van der Waals surface area contributed by atoms with Gasteiger partial charge in [0.2, 0.25) is 0 Å². The van der Waals surface area contributed by atoms with Crippen LogP contribution in [0.1, 0.15) is 11.4 Å². The summed E-state index contributed by atoms with van der Waals surface area (Å²) in [7, 11) is 1.58. The molecule has 228 valence electrons. The third kappa shape index (κ3) is 8.88. The van der Waals surface area contributed by atoms with E-state index in [-0.39, 0.29) is 19.6 Å². The second kappa shape index (κ2) is 14.8. The zero-order valence-electron chi connectivity index (χ0n) is 23.8. The van der Waals surface area contributed by atoms with E-state index in [1.54, 1.807) is 43.5 Å². The van der Waals surface area contributed by atoms with Crippen molar-refractivity contribution in [3.63, 3.8) is 0 Å². The summed E-state index contributed by atoms with van der Waals surface area (Å²) in [6.45, 7) is -1.62. The van der Waals surface area contributed by atoms with E-state index in [0.717, 1.165) is 11.1 Å². The number of hydrogen-bond donors (Lipinski definition) is 4. The third-order valence-electron chi connectivity index (χ3n) is 6.43. The number of ether oxygens (including phenoxy) is 1. The van der Waals surface area contributed by atoms with E-state index < -0.39 is 37.7 Å². The summed E-state index contributed by atoms with van der Waals surface area (Å²) in [6.07, 6.45) is 0. The topological polar surface area (TPSA) is 187 Å². The van der Waals surface area contributed by atoms with Gasteiger partial charge in [-0.15, -0.1) is 0 Å². The molecule has 1 aromatic carbocycles. The molecule has 0 aliphatic heterocycles. The Morgan fingerprint density at radius 1 is 0.636 bits per heavy atom. The molecule has 0 saturated heterocycles. The van der Waals surface area contributed by atoms with Gasteiger partial charge in [0.1, 0.15) is 5.75 Å². The molecule has 0 atom stereocenters. The highest BCUT2D eigenvalue weighted by Crippen LogP contribution is 2.30. The number of rotatable bonds is 15. The van der Waals surface area contributed by atoms with Gasteiger partial charge in [-0.2, -0.15) is 0 Å². The largest absolute Gasteiger partial charge is 0.497 e. The minimum absolute atomic E-state index is 0.00122. The summed E-state index contributed by atoms with van der Waals surface area (Å²) in [6, 6.07) is 21.6. The number of benzene rings is 1. The molecule has 4 rings (SSSR count). The Bertz CT molecular complexity index is 1610. The van der Waals surface area contributed by atoms with Gasteiger partial charge in [-0.25, -0.2) is 15.0 Å². The van der Waals surface area contributed by atoms with E-state index in [2.05, 4.69) is 9.97 Å². The SMILES string of the molecule is COc1ccc(-c2cc(-c3cccc(CN(CO)CC(=O)O)n3)nc(-c3cccc(CN(CC(=O)O)CC(=O)O)n3)c2)cc1. The molecule has 0 unspecified atom stereocenters. The lowest BCUT2D eigenvalue weighted by Gasteiger charge is -2.18. The standard InChI is InChI=1S/C31H31N5O8/c1-44-24-10-8-20(9-11-24)21-12-27(25-6-2-4-22(32-25)14-35(16-29(38)39)17-30(40)41)34-28(13-21)26-7-3-5-23(33-26)15-36(19-37)18-31(42)43/h2-13,37H,14-19H2,1H3,(H,38,39)(H,40,41)(H,42,43). The van der Waals surface area contributed by atoms with Crippen LogP contribution in [0, 0.1) is 0 Å². The maximum Gasteiger partial charge on any atom is 0.317 e. The smallest absolute Gasteiger partial charge is 0.317 e. The normalized spacial score (nSPS) is 11.1. The first-order chi connectivity index (χ1) is 21.1. The lowest BCUT2D eigenvalue weighted by atomic mass is 10.0. The summed E-state index contributed by atoms with van der Waals surface area (Å²) in [5.74, 6) is -2.69. The van der Waals surface area contributed by atoms with Gasteiger partial charge in [-0.05, 0) is 59.7 Å². The molecular formula is C31H31N5O8. The van der Waals surface area contributed by atoms with Crippen LogP contribution in [0.25, 0.3) is 33.9 Å². The zero-order chi connectivity index (χ0) is 31.6. The van der Waals surface area contributed by atoms with Gasteiger partial charge in [-0.3, -0.25) is 24.2 Å². The number of aliphatic hydroxyl groups excluding tert-OH is 1. The highest BCUT2D eigenvalue weighted by atomic mass is 16.5. The molecule has 4 aromatic rings. The molecule has 0 saturated carbocycles. The average Bonchev–Trinajstić information content (AvgIpc) is 3.00. The molecule has 44 heavy (non-hydrogen) atoms. The molecule has 4 N–H and O–H groups in total. The van der Waals surface area contributed by atoms with Gasteiger partial charge in [0.15, 0.2) is 0 Å². The van der Waals surface area contributed by atoms with E-state index in [0.29, 0.717) is 39.9 Å². The summed E-state index contributed by atoms with van der Waals surface area (Å²) in [5, 5.41) is 37.2. The number of aromatic nitrogens is 3. The molecule has 0 fully saturated rings. The van der Waals surface area contributed by atoms with E-state index in [1.165, 1.54) is 9.80 Å². The average molecular weight is 602 g/mol. The predicted octanol–water partition coefficient (Wildman–Crippen LogP) is 2.69. The van der Waals surface area contributed by atoms with Crippen LogP contribution in [0.5, 0.6) is 5.75 Å². The summed E-state index contributed by atoms with van der Waals surface area (Å²) in [5.41, 5.74) is 4.66. The van der Waals surface area contributed by atoms with Crippen molar-refractivity contribution in [2.75, 3.05) is 33.5 Å². The maximum atomic E-state index is 11.3. The van der Waals surface area contributed by atoms with Crippen LogP contribution in [0.15, 0.2) is 72.8 Å². The molecule has 3 aromatic heterocycles. The molecule has 13 nitrogen and oxygen atoms in total. The highest BCUT2D eigenvalue weighted by molar-refractivity contribution is 5.75. The monoisotopic (exact) mass is 601 g/mol. The Kier molecular flexibility index (Phi) is 10.6. The van der Waals surface area contributed by atoms with E-state index in [9.17, 15) is 29.7 Å². The Morgan fingerprint density at radius 3 is 1.57 bits per heavy atom. The first kappa shape index (κ1) is 31.7. The van der Waals surface area contributed by atoms with E-state index in [4.69, 9.17) is 14.8 Å². The molecule has 0 spiro atoms. The number of methoxy groups -OCH3 is 1. The van der Waals surface area contributed by atoms with Crippen LogP contribution in [-0.2, 0) is 27.5 Å². The molecule has 0 amide bonds. The van der Waals surface area contributed by atoms with Crippen LogP contribution in [0.2, 0.25) is 0 Å². The van der Waals surface area contributed by atoms with Gasteiger partial charge in [0, 0.05) is 13.1 Å². The van der Waals surface area contributed by atoms with Crippen molar-refractivity contribution >= 4 is 17.9 Å². The summed E-state index contributed by atoms with van der Waals surface area (Å²) in [4.78, 5) is 50.5. The third-order valence-corrected chi connectivity index (χ3v) is 6.43. The fourth-order valence-corrected chi connectivity index (χ4v) is 4.52. The molecule has 3 heterocycles. The van der Waals surface area contributed by atoms with E-state index in [1.807, 2.05) is 36.4 Å². The van der Waals surface area contributed by atoms with Crippen LogP contribution in [0.3, 0.4) is 0 Å². The minimum Gasteiger partial charge on any atom is -0.497 e. The number of carboxylic acids is 3. The van der Waals surface area contributed by atoms with Gasteiger partial charge < -0.3 is 25.2 Å². The van der Waals surface area contributed by atoms with Crippen molar-refractivity contribution in [3.05, 3.63) is 84.2 Å². The Labute approximate surface area is 252 Å². The fraction of sp³-hybridized carbons (Fsp3) is 0.226. The Balaban J connectivity index is 1.75.